The van der Waals surface area contributed by atoms with Crippen LogP contribution in [0.2, 0.25) is 0 Å². The molecule has 2 fully saturated rings. The van der Waals surface area contributed by atoms with Crippen molar-refractivity contribution in [3.8, 4) is 11.4 Å². The van der Waals surface area contributed by atoms with E-state index in [-0.39, 0.29) is 5.95 Å². The van der Waals surface area contributed by atoms with E-state index in [0.29, 0.717) is 25.1 Å². The number of thiophene rings is 1. The van der Waals surface area contributed by atoms with Gasteiger partial charge >= 0.3 is 0 Å². The molecule has 3 aromatic heterocycles. The molecule has 3 N–H and O–H groups in total. The van der Waals surface area contributed by atoms with Crippen LogP contribution in [0.15, 0.2) is 18.5 Å². The van der Waals surface area contributed by atoms with Crippen LogP contribution in [0, 0.1) is 0 Å². The maximum atomic E-state index is 5.66. The zero-order valence-electron chi connectivity index (χ0n) is 17.8. The minimum absolute atomic E-state index is 0.247. The number of morpholine rings is 1. The first-order valence-electron chi connectivity index (χ1n) is 10.8. The molecule has 0 unspecified atom stereocenters. The predicted molar refractivity (Wildman–Crippen MR) is 123 cm³/mol. The van der Waals surface area contributed by atoms with Crippen molar-refractivity contribution >= 4 is 33.3 Å². The zero-order valence-corrected chi connectivity index (χ0v) is 18.6. The number of nitrogens with one attached hydrogen (secondary N) is 1. The molecule has 5 rings (SSSR count). The highest BCUT2D eigenvalue weighted by molar-refractivity contribution is 7.19. The first kappa shape index (κ1) is 20.5. The highest BCUT2D eigenvalue weighted by atomic mass is 32.1. The summed E-state index contributed by atoms with van der Waals surface area (Å²) in [5, 5.41) is 3.45. The molecule has 3 aromatic rings. The first-order chi connectivity index (χ1) is 15.2. The summed E-state index contributed by atoms with van der Waals surface area (Å²) in [5.74, 6) is 1.85. The van der Waals surface area contributed by atoms with Crippen LogP contribution in [0.5, 0.6) is 0 Å². The molecule has 2 aliphatic heterocycles. The van der Waals surface area contributed by atoms with E-state index in [1.165, 1.54) is 17.7 Å². The van der Waals surface area contributed by atoms with Gasteiger partial charge in [0.25, 0.3) is 0 Å². The number of nitrogen functional groups attached to an aromatic ring is 1. The summed E-state index contributed by atoms with van der Waals surface area (Å²) in [7, 11) is 2.23. The monoisotopic (exact) mass is 440 g/mol. The van der Waals surface area contributed by atoms with Crippen molar-refractivity contribution < 1.29 is 4.74 Å². The van der Waals surface area contributed by atoms with E-state index in [2.05, 4.69) is 38.2 Å². The van der Waals surface area contributed by atoms with Gasteiger partial charge in [0.05, 0.1) is 29.0 Å². The predicted octanol–water partition coefficient (Wildman–Crippen LogP) is 1.75. The van der Waals surface area contributed by atoms with Crippen LogP contribution < -0.4 is 16.0 Å². The Kier molecular flexibility index (Phi) is 5.95. The molecule has 9 nitrogen and oxygen atoms in total. The second-order valence-corrected chi connectivity index (χ2v) is 9.26. The number of aromatic nitrogens is 4. The summed E-state index contributed by atoms with van der Waals surface area (Å²) >= 11 is 1.80. The number of fused-ring (bicyclic) bond motifs is 1. The number of hydrogen-bond donors (Lipinski definition) is 2. The number of piperidine rings is 1. The van der Waals surface area contributed by atoms with Crippen molar-refractivity contribution in [3.63, 3.8) is 0 Å². The molecular weight excluding hydrogens is 412 g/mol. The van der Waals surface area contributed by atoms with Crippen LogP contribution in [0.4, 0.5) is 11.8 Å². The van der Waals surface area contributed by atoms with Gasteiger partial charge in [-0.15, -0.1) is 11.3 Å². The van der Waals surface area contributed by atoms with E-state index in [1.807, 2.05) is 0 Å². The summed E-state index contributed by atoms with van der Waals surface area (Å²) in [6.45, 7) is 6.19. The topological polar surface area (TPSA) is 105 Å². The molecule has 2 saturated heterocycles. The largest absolute Gasteiger partial charge is 0.378 e. The van der Waals surface area contributed by atoms with Crippen LogP contribution >= 0.6 is 11.3 Å². The van der Waals surface area contributed by atoms with Crippen molar-refractivity contribution in [1.29, 1.82) is 0 Å². The lowest BCUT2D eigenvalue weighted by Gasteiger charge is -2.31. The van der Waals surface area contributed by atoms with Crippen LogP contribution in [0.1, 0.15) is 17.7 Å². The fourth-order valence-electron chi connectivity index (χ4n) is 4.24. The molecule has 0 aromatic carbocycles. The van der Waals surface area contributed by atoms with Crippen LogP contribution in [-0.2, 0) is 11.3 Å². The number of nitrogens with zero attached hydrogens (tertiary/aromatic N) is 6. The van der Waals surface area contributed by atoms with Gasteiger partial charge in [-0.3, -0.25) is 4.90 Å². The fraction of sp³-hybridized carbons (Fsp3) is 0.524. The summed E-state index contributed by atoms with van der Waals surface area (Å²) in [6.07, 6.45) is 5.76. The molecule has 0 saturated carbocycles. The number of hydrogen-bond acceptors (Lipinski definition) is 10. The van der Waals surface area contributed by atoms with E-state index in [4.69, 9.17) is 20.4 Å². The maximum absolute atomic E-state index is 5.66. The Labute approximate surface area is 185 Å². The van der Waals surface area contributed by atoms with Crippen LogP contribution in [0.3, 0.4) is 0 Å². The molecule has 0 atom stereocenters. The van der Waals surface area contributed by atoms with Gasteiger partial charge in [-0.1, -0.05) is 0 Å². The third kappa shape index (κ3) is 4.47. The molecule has 0 amide bonds. The summed E-state index contributed by atoms with van der Waals surface area (Å²) in [5.41, 5.74) is 7.40. The van der Waals surface area contributed by atoms with Crippen molar-refractivity contribution in [2.75, 3.05) is 57.1 Å². The van der Waals surface area contributed by atoms with Crippen LogP contribution in [0.25, 0.3) is 21.6 Å². The molecule has 0 aliphatic carbocycles. The van der Waals surface area contributed by atoms with E-state index in [9.17, 15) is 0 Å². The number of rotatable bonds is 5. The molecule has 0 spiro atoms. The van der Waals surface area contributed by atoms with Crippen molar-refractivity contribution in [2.24, 2.45) is 0 Å². The average Bonchev–Trinajstić information content (AvgIpc) is 3.22. The second-order valence-electron chi connectivity index (χ2n) is 8.12. The fourth-order valence-corrected chi connectivity index (χ4v) is 5.41. The van der Waals surface area contributed by atoms with Gasteiger partial charge in [0.1, 0.15) is 0 Å². The third-order valence-corrected chi connectivity index (χ3v) is 7.09. The van der Waals surface area contributed by atoms with Crippen molar-refractivity contribution in [2.45, 2.75) is 25.4 Å². The Morgan fingerprint density at radius 3 is 2.68 bits per heavy atom. The summed E-state index contributed by atoms with van der Waals surface area (Å²) in [4.78, 5) is 24.1. The molecule has 0 bridgehead atoms. The highest BCUT2D eigenvalue weighted by Gasteiger charge is 2.22. The normalized spacial score (nSPS) is 18.2. The van der Waals surface area contributed by atoms with E-state index < -0.39 is 0 Å². The molecule has 164 valence electrons. The van der Waals surface area contributed by atoms with Gasteiger partial charge in [0, 0.05) is 42.9 Å². The van der Waals surface area contributed by atoms with E-state index in [0.717, 1.165) is 54.3 Å². The quantitative estimate of drug-likeness (QED) is 0.614. The van der Waals surface area contributed by atoms with E-state index in [1.54, 1.807) is 23.7 Å². The molecule has 0 radical (unpaired) electrons. The lowest BCUT2D eigenvalue weighted by atomic mass is 10.1. The molecule has 31 heavy (non-hydrogen) atoms. The SMILES string of the molecule is CN(Cc1cc2nc(-c3cnc(N)nc3)nc(N3CCOCC3)c2s1)C1CCNCC1. The first-order valence-corrected chi connectivity index (χ1v) is 11.6. The zero-order chi connectivity index (χ0) is 21.2. The van der Waals surface area contributed by atoms with Gasteiger partial charge in [-0.05, 0) is 39.0 Å². The smallest absolute Gasteiger partial charge is 0.219 e. The van der Waals surface area contributed by atoms with Crippen LogP contribution in [-0.4, -0.2) is 77.3 Å². The average molecular weight is 441 g/mol. The third-order valence-electron chi connectivity index (χ3n) is 5.98. The Morgan fingerprint density at radius 1 is 1.19 bits per heavy atom. The van der Waals surface area contributed by atoms with E-state index >= 15 is 0 Å². The van der Waals surface area contributed by atoms with Crippen molar-refractivity contribution in [1.82, 2.24) is 30.2 Å². The lowest BCUT2D eigenvalue weighted by molar-refractivity contribution is 0.122. The standard InChI is InChI=1S/C21H28N8OS/c1-28(15-2-4-23-5-3-15)13-16-10-17-18(31-16)20(29-6-8-30-9-7-29)27-19(26-17)14-11-24-21(22)25-12-14/h10-12,15,23H,2-9,13H2,1H3,(H2,22,24,25). The molecule has 5 heterocycles. The minimum Gasteiger partial charge on any atom is -0.378 e. The Bertz CT molecular complexity index is 1030. The molecule has 2 aliphatic rings. The number of anilines is 2. The minimum atomic E-state index is 0.247. The summed E-state index contributed by atoms with van der Waals surface area (Å²) < 4.78 is 6.69. The van der Waals surface area contributed by atoms with Gasteiger partial charge in [0.2, 0.25) is 5.95 Å². The van der Waals surface area contributed by atoms with Gasteiger partial charge in [0.15, 0.2) is 11.6 Å². The van der Waals surface area contributed by atoms with Gasteiger partial charge < -0.3 is 20.7 Å². The second kappa shape index (κ2) is 8.99. The highest BCUT2D eigenvalue weighted by Crippen LogP contribution is 2.35. The molecule has 10 heteroatoms. The number of ether oxygens (including phenoxy) is 1. The van der Waals surface area contributed by atoms with Crippen molar-refractivity contribution in [3.05, 3.63) is 23.3 Å². The Balaban J connectivity index is 1.50. The lowest BCUT2D eigenvalue weighted by Crippen LogP contribution is -2.40. The number of nitrogens with two attached hydrogens (primary N) is 1. The van der Waals surface area contributed by atoms with Gasteiger partial charge in [-0.25, -0.2) is 19.9 Å². The molecular formula is C21H28N8OS. The maximum Gasteiger partial charge on any atom is 0.219 e. The summed E-state index contributed by atoms with van der Waals surface area (Å²) in [6, 6.07) is 2.84. The Hall–Kier alpha value is -2.40. The van der Waals surface area contributed by atoms with Gasteiger partial charge in [-0.2, -0.15) is 0 Å². The Morgan fingerprint density at radius 2 is 1.94 bits per heavy atom.